The highest BCUT2D eigenvalue weighted by molar-refractivity contribution is 5.79. The van der Waals surface area contributed by atoms with E-state index in [2.05, 4.69) is 48.5 Å². The SMILES string of the molecule is CCOCc1ccccc1CNC(=NC)NCC(OC)C(C)(C)C. The molecule has 0 aliphatic rings. The summed E-state index contributed by atoms with van der Waals surface area (Å²) in [6.45, 7) is 11.3. The van der Waals surface area contributed by atoms with Gasteiger partial charge in [0.1, 0.15) is 0 Å². The zero-order valence-corrected chi connectivity index (χ0v) is 16.0. The van der Waals surface area contributed by atoms with Crippen molar-refractivity contribution in [1.82, 2.24) is 10.6 Å². The van der Waals surface area contributed by atoms with Crippen LogP contribution in [0.5, 0.6) is 0 Å². The Kier molecular flexibility index (Phi) is 8.79. The zero-order valence-electron chi connectivity index (χ0n) is 16.0. The van der Waals surface area contributed by atoms with E-state index >= 15 is 0 Å². The van der Waals surface area contributed by atoms with Crippen LogP contribution in [0.3, 0.4) is 0 Å². The van der Waals surface area contributed by atoms with Gasteiger partial charge in [-0.25, -0.2) is 0 Å². The molecule has 1 unspecified atom stereocenters. The molecular formula is C19H33N3O2. The average Bonchev–Trinajstić information content (AvgIpc) is 2.55. The molecule has 136 valence electrons. The normalized spacial score (nSPS) is 13.7. The molecule has 1 rings (SSSR count). The van der Waals surface area contributed by atoms with Crippen molar-refractivity contribution in [2.24, 2.45) is 10.4 Å². The Labute approximate surface area is 146 Å². The summed E-state index contributed by atoms with van der Waals surface area (Å²) in [5.41, 5.74) is 2.49. The van der Waals surface area contributed by atoms with E-state index in [0.717, 1.165) is 12.6 Å². The van der Waals surface area contributed by atoms with Crippen LogP contribution in [0.15, 0.2) is 29.3 Å². The van der Waals surface area contributed by atoms with Crippen LogP contribution >= 0.6 is 0 Å². The second-order valence-electron chi connectivity index (χ2n) is 6.80. The van der Waals surface area contributed by atoms with Crippen LogP contribution in [0, 0.1) is 5.41 Å². The Morgan fingerprint density at radius 1 is 1.17 bits per heavy atom. The first-order valence-corrected chi connectivity index (χ1v) is 8.54. The third-order valence-electron chi connectivity index (χ3n) is 3.96. The highest BCUT2D eigenvalue weighted by Gasteiger charge is 2.24. The minimum Gasteiger partial charge on any atom is -0.379 e. The van der Waals surface area contributed by atoms with E-state index in [1.165, 1.54) is 11.1 Å². The molecule has 0 aromatic heterocycles. The molecule has 1 atom stereocenters. The maximum atomic E-state index is 5.57. The molecule has 0 saturated carbocycles. The Bertz CT molecular complexity index is 510. The third kappa shape index (κ3) is 6.89. The van der Waals surface area contributed by atoms with Crippen molar-refractivity contribution in [3.63, 3.8) is 0 Å². The zero-order chi connectivity index (χ0) is 18.0. The lowest BCUT2D eigenvalue weighted by molar-refractivity contribution is 0.0205. The standard InChI is InChI=1S/C19H33N3O2/c1-7-24-14-16-11-9-8-10-15(16)12-21-18(20-5)22-13-17(23-6)19(2,3)4/h8-11,17H,7,12-14H2,1-6H3,(H2,20,21,22). The summed E-state index contributed by atoms with van der Waals surface area (Å²) in [4.78, 5) is 4.29. The lowest BCUT2D eigenvalue weighted by Crippen LogP contribution is -2.45. The van der Waals surface area contributed by atoms with E-state index in [1.54, 1.807) is 14.2 Å². The molecule has 0 spiro atoms. The summed E-state index contributed by atoms with van der Waals surface area (Å²) in [5, 5.41) is 6.70. The van der Waals surface area contributed by atoms with E-state index in [9.17, 15) is 0 Å². The van der Waals surface area contributed by atoms with E-state index in [0.29, 0.717) is 19.7 Å². The Hall–Kier alpha value is -1.59. The molecule has 5 nitrogen and oxygen atoms in total. The molecule has 5 heteroatoms. The Morgan fingerprint density at radius 3 is 2.38 bits per heavy atom. The number of rotatable bonds is 8. The number of aliphatic imine (C=N–C) groups is 1. The van der Waals surface area contributed by atoms with E-state index in [1.807, 2.05) is 19.1 Å². The molecule has 0 radical (unpaired) electrons. The topological polar surface area (TPSA) is 54.9 Å². The quantitative estimate of drug-likeness (QED) is 0.566. The predicted molar refractivity (Wildman–Crippen MR) is 100 cm³/mol. The van der Waals surface area contributed by atoms with Crippen molar-refractivity contribution in [2.45, 2.75) is 47.0 Å². The average molecular weight is 335 g/mol. The van der Waals surface area contributed by atoms with Gasteiger partial charge < -0.3 is 20.1 Å². The number of hydrogen-bond donors (Lipinski definition) is 2. The Balaban J connectivity index is 2.59. The highest BCUT2D eigenvalue weighted by Crippen LogP contribution is 2.20. The van der Waals surface area contributed by atoms with Gasteiger partial charge in [0.25, 0.3) is 0 Å². The molecule has 0 aliphatic carbocycles. The van der Waals surface area contributed by atoms with Crippen LogP contribution in [-0.4, -0.2) is 39.4 Å². The van der Waals surface area contributed by atoms with Crippen molar-refractivity contribution >= 4 is 5.96 Å². The van der Waals surface area contributed by atoms with Gasteiger partial charge in [-0.3, -0.25) is 4.99 Å². The fourth-order valence-electron chi connectivity index (χ4n) is 2.41. The molecule has 1 aromatic carbocycles. The van der Waals surface area contributed by atoms with Gasteiger partial charge in [0.15, 0.2) is 5.96 Å². The molecule has 0 heterocycles. The van der Waals surface area contributed by atoms with Crippen molar-refractivity contribution in [3.8, 4) is 0 Å². The summed E-state index contributed by atoms with van der Waals surface area (Å²) in [6, 6.07) is 8.30. The molecule has 0 fully saturated rings. The summed E-state index contributed by atoms with van der Waals surface area (Å²) in [5.74, 6) is 0.771. The van der Waals surface area contributed by atoms with Crippen LogP contribution in [0.4, 0.5) is 0 Å². The van der Waals surface area contributed by atoms with Crippen molar-refractivity contribution in [2.75, 3.05) is 27.3 Å². The first-order valence-electron chi connectivity index (χ1n) is 8.54. The predicted octanol–water partition coefficient (Wildman–Crippen LogP) is 2.95. The van der Waals surface area contributed by atoms with Crippen LogP contribution in [0.2, 0.25) is 0 Å². The van der Waals surface area contributed by atoms with Crippen molar-refractivity contribution < 1.29 is 9.47 Å². The number of guanidine groups is 1. The molecule has 0 saturated heterocycles. The molecule has 24 heavy (non-hydrogen) atoms. The minimum absolute atomic E-state index is 0.0741. The maximum absolute atomic E-state index is 5.57. The van der Waals surface area contributed by atoms with Crippen LogP contribution < -0.4 is 10.6 Å². The second-order valence-corrected chi connectivity index (χ2v) is 6.80. The third-order valence-corrected chi connectivity index (χ3v) is 3.96. The largest absolute Gasteiger partial charge is 0.379 e. The maximum Gasteiger partial charge on any atom is 0.191 e. The second kappa shape index (κ2) is 10.3. The molecular weight excluding hydrogens is 302 g/mol. The van der Waals surface area contributed by atoms with Crippen LogP contribution in [0.1, 0.15) is 38.8 Å². The first-order chi connectivity index (χ1) is 11.4. The van der Waals surface area contributed by atoms with Crippen LogP contribution in [-0.2, 0) is 22.6 Å². The smallest absolute Gasteiger partial charge is 0.191 e. The minimum atomic E-state index is 0.0741. The van der Waals surface area contributed by atoms with Gasteiger partial charge in [-0.2, -0.15) is 0 Å². The summed E-state index contributed by atoms with van der Waals surface area (Å²) >= 11 is 0. The molecule has 0 amide bonds. The van der Waals surface area contributed by atoms with Crippen molar-refractivity contribution in [3.05, 3.63) is 35.4 Å². The monoisotopic (exact) mass is 335 g/mol. The van der Waals surface area contributed by atoms with Gasteiger partial charge in [-0.1, -0.05) is 45.0 Å². The highest BCUT2D eigenvalue weighted by atomic mass is 16.5. The number of methoxy groups -OCH3 is 1. The van der Waals surface area contributed by atoms with E-state index in [4.69, 9.17) is 9.47 Å². The summed E-state index contributed by atoms with van der Waals surface area (Å²) in [6.07, 6.45) is 0.112. The van der Waals surface area contributed by atoms with Gasteiger partial charge in [-0.15, -0.1) is 0 Å². The van der Waals surface area contributed by atoms with Gasteiger partial charge in [0, 0.05) is 33.9 Å². The summed E-state index contributed by atoms with van der Waals surface area (Å²) in [7, 11) is 3.53. The lowest BCUT2D eigenvalue weighted by Gasteiger charge is -2.30. The molecule has 1 aromatic rings. The number of nitrogens with zero attached hydrogens (tertiary/aromatic N) is 1. The van der Waals surface area contributed by atoms with Gasteiger partial charge in [0.05, 0.1) is 12.7 Å². The molecule has 0 aliphatic heterocycles. The number of benzene rings is 1. The van der Waals surface area contributed by atoms with Crippen molar-refractivity contribution in [1.29, 1.82) is 0 Å². The van der Waals surface area contributed by atoms with E-state index in [-0.39, 0.29) is 11.5 Å². The number of nitrogens with one attached hydrogen (secondary N) is 2. The first kappa shape index (κ1) is 20.5. The fraction of sp³-hybridized carbons (Fsp3) is 0.632. The number of ether oxygens (including phenoxy) is 2. The van der Waals surface area contributed by atoms with Gasteiger partial charge in [0.2, 0.25) is 0 Å². The van der Waals surface area contributed by atoms with Gasteiger partial charge in [-0.05, 0) is 23.5 Å². The number of hydrogen-bond acceptors (Lipinski definition) is 3. The Morgan fingerprint density at radius 2 is 1.83 bits per heavy atom. The fourth-order valence-corrected chi connectivity index (χ4v) is 2.41. The summed E-state index contributed by atoms with van der Waals surface area (Å²) < 4.78 is 11.1. The van der Waals surface area contributed by atoms with Gasteiger partial charge >= 0.3 is 0 Å². The lowest BCUT2D eigenvalue weighted by atomic mass is 9.89. The van der Waals surface area contributed by atoms with Crippen LogP contribution in [0.25, 0.3) is 0 Å². The molecule has 0 bridgehead atoms. The van der Waals surface area contributed by atoms with E-state index < -0.39 is 0 Å². The molecule has 2 N–H and O–H groups in total.